The molecule has 0 fully saturated rings. The molecule has 1 heterocycles. The molecule has 2 rings (SSSR count). The van der Waals surface area contributed by atoms with E-state index >= 15 is 0 Å². The number of benzene rings is 1. The summed E-state index contributed by atoms with van der Waals surface area (Å²) in [7, 11) is 0. The maximum Gasteiger partial charge on any atom is 0.119 e. The van der Waals surface area contributed by atoms with Gasteiger partial charge in [-0.2, -0.15) is 0 Å². The molecule has 0 unspecified atom stereocenters. The molecular formula is C13H18N2OS. The Labute approximate surface area is 106 Å². The van der Waals surface area contributed by atoms with E-state index < -0.39 is 0 Å². The number of rotatable bonds is 4. The molecule has 1 aromatic carbocycles. The number of hydrogen-bond acceptors (Lipinski definition) is 4. The summed E-state index contributed by atoms with van der Waals surface area (Å²) in [5.74, 6) is 1.95. The zero-order valence-electron chi connectivity index (χ0n) is 10.3. The molecule has 0 aromatic heterocycles. The minimum atomic E-state index is -0.302. The van der Waals surface area contributed by atoms with Crippen molar-refractivity contribution in [2.45, 2.75) is 19.4 Å². The third-order valence-corrected chi connectivity index (χ3v) is 3.32. The summed E-state index contributed by atoms with van der Waals surface area (Å²) in [6, 6.07) is 8.05. The highest BCUT2D eigenvalue weighted by Gasteiger charge is 2.12. The molecular weight excluding hydrogens is 232 g/mol. The van der Waals surface area contributed by atoms with Gasteiger partial charge in [-0.25, -0.2) is 0 Å². The normalized spacial score (nSPS) is 15.8. The first-order chi connectivity index (χ1) is 8.04. The van der Waals surface area contributed by atoms with Crippen LogP contribution in [0, 0.1) is 0 Å². The quantitative estimate of drug-likeness (QED) is 0.892. The molecule has 17 heavy (non-hydrogen) atoms. The molecule has 3 nitrogen and oxygen atoms in total. The Kier molecular flexibility index (Phi) is 3.74. The van der Waals surface area contributed by atoms with Gasteiger partial charge in [0.1, 0.15) is 12.4 Å². The second-order valence-corrected chi connectivity index (χ2v) is 5.92. The van der Waals surface area contributed by atoms with Crippen molar-refractivity contribution >= 4 is 16.8 Å². The largest absolute Gasteiger partial charge is 0.492 e. The Hall–Kier alpha value is -1.00. The SMILES string of the molecule is CC(C)(N)COc1ccc(C2=NCCS2)cc1. The number of nitrogens with two attached hydrogens (primary N) is 1. The van der Waals surface area contributed by atoms with Crippen LogP contribution in [0.5, 0.6) is 5.75 Å². The van der Waals surface area contributed by atoms with Crippen LogP contribution in [0.3, 0.4) is 0 Å². The Balaban J connectivity index is 1.98. The predicted molar refractivity (Wildman–Crippen MR) is 74.1 cm³/mol. The second-order valence-electron chi connectivity index (χ2n) is 4.84. The average molecular weight is 250 g/mol. The van der Waals surface area contributed by atoms with E-state index in [4.69, 9.17) is 10.5 Å². The Morgan fingerprint density at radius 3 is 2.59 bits per heavy atom. The first-order valence-corrected chi connectivity index (χ1v) is 6.72. The van der Waals surface area contributed by atoms with E-state index in [-0.39, 0.29) is 5.54 Å². The fourth-order valence-electron chi connectivity index (χ4n) is 1.47. The van der Waals surface area contributed by atoms with E-state index in [0.29, 0.717) is 6.61 Å². The highest BCUT2D eigenvalue weighted by atomic mass is 32.2. The number of thioether (sulfide) groups is 1. The molecule has 0 radical (unpaired) electrons. The molecule has 4 heteroatoms. The third-order valence-electron chi connectivity index (χ3n) is 2.30. The van der Waals surface area contributed by atoms with Gasteiger partial charge in [0.05, 0.1) is 5.04 Å². The molecule has 2 N–H and O–H groups in total. The Morgan fingerprint density at radius 1 is 1.35 bits per heavy atom. The van der Waals surface area contributed by atoms with Crippen molar-refractivity contribution in [2.24, 2.45) is 10.7 Å². The van der Waals surface area contributed by atoms with Crippen molar-refractivity contribution in [3.63, 3.8) is 0 Å². The summed E-state index contributed by atoms with van der Waals surface area (Å²) in [5.41, 5.74) is 6.74. The van der Waals surface area contributed by atoms with Crippen LogP contribution in [0.4, 0.5) is 0 Å². The molecule has 1 aliphatic heterocycles. The Morgan fingerprint density at radius 2 is 2.06 bits per heavy atom. The van der Waals surface area contributed by atoms with Gasteiger partial charge in [-0.05, 0) is 38.1 Å². The first-order valence-electron chi connectivity index (χ1n) is 5.74. The standard InChI is InChI=1S/C13H18N2OS/c1-13(2,14)9-16-11-5-3-10(4-6-11)12-15-7-8-17-12/h3-6H,7-9,14H2,1-2H3. The topological polar surface area (TPSA) is 47.6 Å². The minimum Gasteiger partial charge on any atom is -0.492 e. The summed E-state index contributed by atoms with van der Waals surface area (Å²) in [6.45, 7) is 5.35. The van der Waals surface area contributed by atoms with Crippen molar-refractivity contribution in [3.8, 4) is 5.75 Å². The van der Waals surface area contributed by atoms with Crippen LogP contribution >= 0.6 is 11.8 Å². The highest BCUT2D eigenvalue weighted by Crippen LogP contribution is 2.21. The summed E-state index contributed by atoms with van der Waals surface area (Å²) < 4.78 is 5.62. The van der Waals surface area contributed by atoms with Crippen molar-refractivity contribution in [1.29, 1.82) is 0 Å². The van der Waals surface area contributed by atoms with Crippen LogP contribution in [-0.4, -0.2) is 29.5 Å². The Bertz CT molecular complexity index is 406. The number of nitrogens with zero attached hydrogens (tertiary/aromatic N) is 1. The van der Waals surface area contributed by atoms with E-state index in [9.17, 15) is 0 Å². The fraction of sp³-hybridized carbons (Fsp3) is 0.462. The van der Waals surface area contributed by atoms with E-state index in [0.717, 1.165) is 23.1 Å². The lowest BCUT2D eigenvalue weighted by Gasteiger charge is -2.19. The highest BCUT2D eigenvalue weighted by molar-refractivity contribution is 8.14. The van der Waals surface area contributed by atoms with Gasteiger partial charge < -0.3 is 10.5 Å². The number of aliphatic imine (C=N–C) groups is 1. The summed E-state index contributed by atoms with van der Waals surface area (Å²) >= 11 is 1.81. The molecule has 0 atom stereocenters. The van der Waals surface area contributed by atoms with Gasteiger partial charge >= 0.3 is 0 Å². The molecule has 1 aromatic rings. The molecule has 0 saturated carbocycles. The fourth-order valence-corrected chi connectivity index (χ4v) is 2.33. The van der Waals surface area contributed by atoms with Gasteiger partial charge in [0.2, 0.25) is 0 Å². The van der Waals surface area contributed by atoms with E-state index in [1.165, 1.54) is 5.56 Å². The van der Waals surface area contributed by atoms with Crippen molar-refractivity contribution in [2.75, 3.05) is 18.9 Å². The molecule has 1 aliphatic rings. The number of hydrogen-bond donors (Lipinski definition) is 1. The molecule has 0 aliphatic carbocycles. The summed E-state index contributed by atoms with van der Waals surface area (Å²) in [4.78, 5) is 4.44. The van der Waals surface area contributed by atoms with Gasteiger partial charge in [0, 0.05) is 23.4 Å². The zero-order chi connectivity index (χ0) is 12.3. The van der Waals surface area contributed by atoms with Gasteiger partial charge in [0.25, 0.3) is 0 Å². The van der Waals surface area contributed by atoms with Crippen LogP contribution in [-0.2, 0) is 0 Å². The lowest BCUT2D eigenvalue weighted by Crippen LogP contribution is -2.38. The number of ether oxygens (including phenoxy) is 1. The van der Waals surface area contributed by atoms with Crippen LogP contribution in [0.2, 0.25) is 0 Å². The molecule has 92 valence electrons. The van der Waals surface area contributed by atoms with Crippen LogP contribution in [0.15, 0.2) is 29.3 Å². The van der Waals surface area contributed by atoms with Crippen LogP contribution < -0.4 is 10.5 Å². The summed E-state index contributed by atoms with van der Waals surface area (Å²) in [6.07, 6.45) is 0. The minimum absolute atomic E-state index is 0.302. The third kappa shape index (κ3) is 3.75. The molecule has 0 spiro atoms. The van der Waals surface area contributed by atoms with Crippen LogP contribution in [0.1, 0.15) is 19.4 Å². The maximum absolute atomic E-state index is 5.87. The maximum atomic E-state index is 5.87. The average Bonchev–Trinajstić information content (AvgIpc) is 2.79. The van der Waals surface area contributed by atoms with Gasteiger partial charge in [-0.1, -0.05) is 0 Å². The van der Waals surface area contributed by atoms with Gasteiger partial charge in [-0.3, -0.25) is 4.99 Å². The van der Waals surface area contributed by atoms with E-state index in [1.807, 2.05) is 37.7 Å². The van der Waals surface area contributed by atoms with Crippen LogP contribution in [0.25, 0.3) is 0 Å². The molecule has 0 saturated heterocycles. The lowest BCUT2D eigenvalue weighted by molar-refractivity contribution is 0.243. The summed E-state index contributed by atoms with van der Waals surface area (Å²) in [5, 5.41) is 1.13. The van der Waals surface area contributed by atoms with E-state index in [2.05, 4.69) is 17.1 Å². The molecule has 0 amide bonds. The zero-order valence-corrected chi connectivity index (χ0v) is 11.1. The predicted octanol–water partition coefficient (Wildman–Crippen LogP) is 2.30. The van der Waals surface area contributed by atoms with Crippen molar-refractivity contribution in [1.82, 2.24) is 0 Å². The van der Waals surface area contributed by atoms with Gasteiger partial charge in [0.15, 0.2) is 0 Å². The van der Waals surface area contributed by atoms with E-state index in [1.54, 1.807) is 0 Å². The smallest absolute Gasteiger partial charge is 0.119 e. The monoisotopic (exact) mass is 250 g/mol. The molecule has 0 bridgehead atoms. The lowest BCUT2D eigenvalue weighted by atomic mass is 10.1. The second kappa shape index (κ2) is 5.10. The van der Waals surface area contributed by atoms with Crippen molar-refractivity contribution in [3.05, 3.63) is 29.8 Å². The van der Waals surface area contributed by atoms with Crippen molar-refractivity contribution < 1.29 is 4.74 Å². The van der Waals surface area contributed by atoms with Gasteiger partial charge in [-0.15, -0.1) is 11.8 Å². The first kappa shape index (κ1) is 12.5.